The molecule has 8 aliphatic rings. The molecule has 12 aromatic rings. The van der Waals surface area contributed by atoms with E-state index in [-0.39, 0.29) is 69.0 Å². The van der Waals surface area contributed by atoms with Gasteiger partial charge in [0.05, 0.1) is 55.9 Å². The molecule has 0 saturated heterocycles. The van der Waals surface area contributed by atoms with Crippen LogP contribution in [0.5, 0.6) is 51.7 Å². The lowest BCUT2D eigenvalue weighted by atomic mass is 9.88. The third-order valence-corrected chi connectivity index (χ3v) is 24.4. The highest BCUT2D eigenvalue weighted by molar-refractivity contribution is 7.90. The van der Waals surface area contributed by atoms with Gasteiger partial charge in [0.25, 0.3) is 0 Å². The molecule has 4 aliphatic heterocycles. The van der Waals surface area contributed by atoms with Crippen LogP contribution in [-0.4, -0.2) is 98.7 Å². The molecule has 4 fully saturated rings. The fraction of sp³-hybridized carbons (Fsp3) is 0.258. The number of aromatic nitrogens is 4. The Kier molecular flexibility index (Phi) is 22.1. The van der Waals surface area contributed by atoms with Gasteiger partial charge in [0.2, 0.25) is 33.1 Å². The van der Waals surface area contributed by atoms with E-state index in [1.165, 1.54) is 17.9 Å². The van der Waals surface area contributed by atoms with Gasteiger partial charge < -0.3 is 53.3 Å². The lowest BCUT2D eigenvalue weighted by Crippen LogP contribution is -2.28. The molecule has 0 radical (unpaired) electrons. The Morgan fingerprint density at radius 3 is 1.18 bits per heavy atom. The Bertz CT molecular complexity index is 5900. The molecule has 0 atom stereocenters. The largest absolute Gasteiger partial charge is 0.494 e. The second-order valence-electron chi connectivity index (χ2n) is 31.3. The summed E-state index contributed by atoms with van der Waals surface area (Å²) >= 11 is 0. The minimum atomic E-state index is -3.31. The third kappa shape index (κ3) is 17.0. The summed E-state index contributed by atoms with van der Waals surface area (Å²) in [5, 5.41) is 6.10. The van der Waals surface area contributed by atoms with Gasteiger partial charge in [-0.2, -0.15) is 0 Å². The summed E-state index contributed by atoms with van der Waals surface area (Å²) in [5.74, 6) is 7.23. The van der Waals surface area contributed by atoms with E-state index >= 15 is 0 Å². The van der Waals surface area contributed by atoms with Crippen molar-refractivity contribution in [2.24, 2.45) is 0 Å². The van der Waals surface area contributed by atoms with Crippen LogP contribution in [-0.2, 0) is 76.5 Å². The van der Waals surface area contributed by atoms with E-state index in [1.807, 2.05) is 184 Å². The molecule has 4 aliphatic carbocycles. The van der Waals surface area contributed by atoms with Crippen molar-refractivity contribution in [2.45, 2.75) is 118 Å². The van der Waals surface area contributed by atoms with Crippen LogP contribution in [0.1, 0.15) is 110 Å². The highest BCUT2D eigenvalue weighted by Gasteiger charge is 2.54. The molecule has 1 amide bonds. The monoisotopic (exact) mass is 1630 g/mol. The number of rotatable bonds is 24. The summed E-state index contributed by atoms with van der Waals surface area (Å²) in [6.45, 7) is 6.05. The van der Waals surface area contributed by atoms with Crippen molar-refractivity contribution in [1.29, 1.82) is 0 Å². The van der Waals surface area contributed by atoms with Crippen molar-refractivity contribution in [3.8, 4) is 96.8 Å². The second kappa shape index (κ2) is 33.3. The minimum Gasteiger partial charge on any atom is -0.494 e. The standard InChI is InChI=1S/C25H24N2O3.C25H23NO4.C24H21NO5S.C23H19FN2O3.H2/c1-26-15-17-5-7-18(8-6-17)21-4-2-3-20(27-21)14-24(28)25(11-12-25)19-9-10-22-23(13-19)30-16-29-22;1-2-28-20-9-6-17(7-10-20)21-5-3-4-19(26-21)15-24(27)25(12-13-25)18-8-11-22-23(14-18)30-16-29-22;1-31(27,28)19-6-2-4-16(12-19)20-7-3-5-18(25-20)14-23(26)24(10-11-24)17-8-9-21-22(13-17)30-15-29-21;1-14-11-15(5-7-17(14)24)18-3-2-4-21(25-18)26-22(27)23(9-10-23)16-6-8-19-20(12-16)29-13-28-19;/h2-10,13,26H,11-12,14-16H2,1H3;3-11,14H,2,12-13,15-16H2,1H3;2-9,12-13H,10-11,14-15H2,1H3;2-8,11-12H,9-10,13H2,1H3,(H,25,26,27);1H. The first kappa shape index (κ1) is 79.4. The van der Waals surface area contributed by atoms with Crippen LogP contribution in [0.4, 0.5) is 10.2 Å². The Morgan fingerprint density at radius 2 is 0.783 bits per heavy atom. The molecule has 2 N–H and O–H groups in total. The number of carbonyl (C=O) groups excluding carboxylic acids is 4. The number of pyridine rings is 4. The van der Waals surface area contributed by atoms with Gasteiger partial charge in [-0.05, 0) is 257 Å². The summed E-state index contributed by atoms with van der Waals surface area (Å²) in [7, 11) is -1.37. The fourth-order valence-corrected chi connectivity index (χ4v) is 16.5. The number of sulfone groups is 1. The van der Waals surface area contributed by atoms with E-state index in [0.29, 0.717) is 76.5 Å². The fourth-order valence-electron chi connectivity index (χ4n) is 15.8. The molecule has 21 nitrogen and oxygen atoms in total. The SMILES string of the molecule is CCOc1ccc(-c2cccc(CC(=O)C3(c4ccc5c(c4)OCO5)CC3)n2)cc1.CNCc1ccc(-c2cccc(CC(=O)C3(c4ccc5c(c4)OCO5)CC3)n2)cc1.CS(=O)(=O)c1cccc(-c2cccc(CC(=O)C3(c4ccc5c(c4)OCO5)CC3)n2)c1.Cc1cc(-c2cccc(NC(=O)C3(c4ccc5c(c4)OCO5)CC3)n2)ccc1F.[HH]. The van der Waals surface area contributed by atoms with Gasteiger partial charge >= 0.3 is 0 Å². The average molecular weight is 1630 g/mol. The maximum absolute atomic E-state index is 13.6. The van der Waals surface area contributed by atoms with Crippen molar-refractivity contribution < 1.29 is 76.0 Å². The summed E-state index contributed by atoms with van der Waals surface area (Å²) in [5.41, 5.74) is 12.7. The van der Waals surface area contributed by atoms with Crippen LogP contribution in [0.25, 0.3) is 45.0 Å². The summed E-state index contributed by atoms with van der Waals surface area (Å²) in [4.78, 5) is 71.7. The number of hydrogen-bond acceptors (Lipinski definition) is 20. The van der Waals surface area contributed by atoms with Gasteiger partial charge in [-0.1, -0.05) is 84.9 Å². The van der Waals surface area contributed by atoms with Crippen LogP contribution in [0.3, 0.4) is 0 Å². The number of fused-ring (bicyclic) bond motifs is 4. The van der Waals surface area contributed by atoms with Gasteiger partial charge in [-0.3, -0.25) is 34.1 Å². The van der Waals surface area contributed by atoms with Crippen LogP contribution < -0.4 is 53.3 Å². The lowest BCUT2D eigenvalue weighted by molar-refractivity contribution is -0.121. The molecule has 4 saturated carbocycles. The zero-order valence-electron chi connectivity index (χ0n) is 66.7. The summed E-state index contributed by atoms with van der Waals surface area (Å²) in [6, 6.07) is 73.5. The van der Waals surface area contributed by atoms with E-state index in [0.717, 1.165) is 148 Å². The maximum Gasteiger partial charge on any atom is 0.236 e. The number of amides is 1. The number of halogens is 1. The number of hydrogen-bond donors (Lipinski definition) is 2. The quantitative estimate of drug-likeness (QED) is 0.0569. The highest BCUT2D eigenvalue weighted by atomic mass is 32.2. The van der Waals surface area contributed by atoms with Crippen molar-refractivity contribution in [3.63, 3.8) is 0 Å². The van der Waals surface area contributed by atoms with Crippen molar-refractivity contribution in [1.82, 2.24) is 25.3 Å². The second-order valence-corrected chi connectivity index (χ2v) is 33.3. The van der Waals surface area contributed by atoms with Gasteiger partial charge in [-0.15, -0.1) is 0 Å². The lowest BCUT2D eigenvalue weighted by Gasteiger charge is -2.16. The van der Waals surface area contributed by atoms with Crippen LogP contribution in [0.15, 0.2) is 241 Å². The van der Waals surface area contributed by atoms with Gasteiger partial charge in [0, 0.05) is 72.8 Å². The number of aryl methyl sites for hydroxylation is 1. The van der Waals surface area contributed by atoms with Crippen LogP contribution in [0.2, 0.25) is 0 Å². The Morgan fingerprint density at radius 1 is 0.417 bits per heavy atom. The third-order valence-electron chi connectivity index (χ3n) is 23.3. The van der Waals surface area contributed by atoms with Crippen molar-refractivity contribution >= 4 is 38.9 Å². The number of carbonyl (C=O) groups is 4. The average Bonchev–Trinajstić information content (AvgIpc) is 1.61. The molecule has 0 bridgehead atoms. The minimum absolute atomic E-state index is 0. The number of nitrogens with one attached hydrogen (secondary N) is 2. The van der Waals surface area contributed by atoms with E-state index in [2.05, 4.69) is 44.9 Å². The topological polar surface area (TPSA) is 261 Å². The van der Waals surface area contributed by atoms with Gasteiger partial charge in [0.15, 0.2) is 55.8 Å². The number of ketones is 3. The van der Waals surface area contributed by atoms with Crippen molar-refractivity contribution in [2.75, 3.05) is 52.4 Å². The number of nitrogens with zero attached hydrogens (tertiary/aromatic N) is 4. The molecule has 120 heavy (non-hydrogen) atoms. The molecule has 0 unspecified atom stereocenters. The predicted octanol–water partition coefficient (Wildman–Crippen LogP) is 17.3. The number of anilines is 1. The first-order valence-corrected chi connectivity index (χ1v) is 42.1. The molecule has 610 valence electrons. The Hall–Kier alpha value is -13.1. The normalized spacial score (nSPS) is 15.8. The Labute approximate surface area is 696 Å². The molecule has 23 heteroatoms. The van der Waals surface area contributed by atoms with Gasteiger partial charge in [-0.25, -0.2) is 17.8 Å². The molecular formula is C97H89FN6O15S. The number of ether oxygens (including phenoxy) is 9. The van der Waals surface area contributed by atoms with Crippen molar-refractivity contribution in [3.05, 3.63) is 293 Å². The van der Waals surface area contributed by atoms with Crippen LogP contribution in [0, 0.1) is 12.7 Å². The van der Waals surface area contributed by atoms with E-state index in [4.69, 9.17) is 52.6 Å². The number of Topliss-reactive ketones (excluding diaryl/α,β-unsaturated/α-hetero) is 3. The number of benzene rings is 8. The van der Waals surface area contributed by atoms with Gasteiger partial charge in [0.1, 0.15) is 34.7 Å². The van der Waals surface area contributed by atoms with Crippen LogP contribution >= 0.6 is 0 Å². The maximum atomic E-state index is 13.6. The summed E-state index contributed by atoms with van der Waals surface area (Å²) in [6.07, 6.45) is 8.69. The van der Waals surface area contributed by atoms with E-state index in [1.54, 1.807) is 43.3 Å². The Balaban J connectivity index is 0.000000120. The molecule has 4 aromatic heterocycles. The molecule has 0 spiro atoms. The predicted molar refractivity (Wildman–Crippen MR) is 451 cm³/mol. The summed E-state index contributed by atoms with van der Waals surface area (Å²) < 4.78 is 86.2. The first-order valence-electron chi connectivity index (χ1n) is 40.2. The smallest absolute Gasteiger partial charge is 0.236 e. The zero-order chi connectivity index (χ0) is 82.8. The molecule has 20 rings (SSSR count). The van der Waals surface area contributed by atoms with E-state index < -0.39 is 31.5 Å². The zero-order valence-corrected chi connectivity index (χ0v) is 67.6. The molecule has 8 aromatic carbocycles. The molecular weight excluding hydrogens is 1540 g/mol. The van der Waals surface area contributed by atoms with E-state index in [9.17, 15) is 32.0 Å². The molecule has 8 heterocycles. The highest BCUT2D eigenvalue weighted by Crippen LogP contribution is 2.55. The first-order chi connectivity index (χ1) is 58.2.